The molecule has 2 aromatic rings. The second-order valence-electron chi connectivity index (χ2n) is 5.06. The van der Waals surface area contributed by atoms with Crippen LogP contribution in [-0.2, 0) is 4.79 Å². The molecule has 118 valence electrons. The van der Waals surface area contributed by atoms with Gasteiger partial charge in [-0.05, 0) is 30.8 Å². The molecule has 0 radical (unpaired) electrons. The van der Waals surface area contributed by atoms with Gasteiger partial charge in [0, 0.05) is 17.4 Å². The van der Waals surface area contributed by atoms with Crippen LogP contribution in [0.4, 0.5) is 5.69 Å². The quantitative estimate of drug-likeness (QED) is 0.811. The number of nitrogens with zero attached hydrogens (tertiary/aromatic N) is 2. The maximum Gasteiger partial charge on any atom is 0.326 e. The summed E-state index contributed by atoms with van der Waals surface area (Å²) in [4.78, 5) is 16.2. The maximum absolute atomic E-state index is 11.3. The average molecular weight is 346 g/mol. The molecule has 5 nitrogen and oxygen atoms in total. The molecule has 1 aliphatic rings. The highest BCUT2D eigenvalue weighted by atomic mass is 32.1. The number of hydrogen-bond acceptors (Lipinski definition) is 5. The fourth-order valence-corrected chi connectivity index (χ4v) is 3.88. The van der Waals surface area contributed by atoms with E-state index in [9.17, 15) is 15.0 Å². The summed E-state index contributed by atoms with van der Waals surface area (Å²) in [6.45, 7) is 1.75. The van der Waals surface area contributed by atoms with Crippen molar-refractivity contribution in [3.05, 3.63) is 38.7 Å². The lowest BCUT2D eigenvalue weighted by Gasteiger charge is -2.12. The number of aliphatic carboxylic acids is 1. The van der Waals surface area contributed by atoms with E-state index in [1.807, 2.05) is 24.3 Å². The lowest BCUT2D eigenvalue weighted by molar-refractivity contribution is -0.141. The zero-order valence-corrected chi connectivity index (χ0v) is 13.9. The molecule has 0 bridgehead atoms. The minimum atomic E-state index is -1.01. The number of carbonyl (C=O) groups is 1. The first-order chi connectivity index (χ1) is 11.0. The van der Waals surface area contributed by atoms with Gasteiger partial charge in [-0.1, -0.05) is 25.1 Å². The summed E-state index contributed by atoms with van der Waals surface area (Å²) in [5.74, 6) is -1.12. The van der Waals surface area contributed by atoms with Crippen LogP contribution < -0.4 is 0 Å². The molecule has 2 N–H and O–H groups in total. The number of rotatable bonds is 4. The van der Waals surface area contributed by atoms with Crippen molar-refractivity contribution in [2.75, 3.05) is 0 Å². The van der Waals surface area contributed by atoms with Crippen LogP contribution in [0.1, 0.15) is 29.8 Å². The third kappa shape index (κ3) is 2.73. The van der Waals surface area contributed by atoms with E-state index in [0.717, 1.165) is 16.8 Å². The SMILES string of the molecule is CCC(C(=O)O)n1c(O)c(C=C2C=Nc3ccccc32)sc1=S. The van der Waals surface area contributed by atoms with Gasteiger partial charge in [0.15, 0.2) is 3.95 Å². The smallest absolute Gasteiger partial charge is 0.326 e. The number of benzene rings is 1. The Hall–Kier alpha value is -2.25. The fourth-order valence-electron chi connectivity index (χ4n) is 2.53. The number of aromatic hydroxyl groups is 1. The van der Waals surface area contributed by atoms with Crippen molar-refractivity contribution in [2.45, 2.75) is 19.4 Å². The zero-order chi connectivity index (χ0) is 16.6. The topological polar surface area (TPSA) is 74.8 Å². The molecule has 0 spiro atoms. The third-order valence-corrected chi connectivity index (χ3v) is 5.01. The van der Waals surface area contributed by atoms with Crippen LogP contribution in [0.3, 0.4) is 0 Å². The summed E-state index contributed by atoms with van der Waals surface area (Å²) in [7, 11) is 0. The summed E-state index contributed by atoms with van der Waals surface area (Å²) < 4.78 is 1.64. The molecule has 0 saturated carbocycles. The summed E-state index contributed by atoms with van der Waals surface area (Å²) in [6.07, 6.45) is 3.86. The summed E-state index contributed by atoms with van der Waals surface area (Å²) in [5, 5.41) is 19.7. The molecule has 3 rings (SSSR count). The van der Waals surface area contributed by atoms with Gasteiger partial charge in [-0.25, -0.2) is 4.79 Å². The number of fused-ring (bicyclic) bond motifs is 1. The van der Waals surface area contributed by atoms with E-state index in [1.165, 1.54) is 15.9 Å². The van der Waals surface area contributed by atoms with Crippen LogP contribution in [0.25, 0.3) is 11.6 Å². The Balaban J connectivity index is 2.07. The molecule has 7 heteroatoms. The van der Waals surface area contributed by atoms with E-state index in [1.54, 1.807) is 19.2 Å². The Bertz CT molecular complexity index is 893. The lowest BCUT2D eigenvalue weighted by Crippen LogP contribution is -2.17. The van der Waals surface area contributed by atoms with Crippen LogP contribution in [0.2, 0.25) is 0 Å². The Morgan fingerprint density at radius 2 is 2.22 bits per heavy atom. The molecule has 23 heavy (non-hydrogen) atoms. The molecule has 1 atom stereocenters. The highest BCUT2D eigenvalue weighted by molar-refractivity contribution is 7.73. The molecule has 2 heterocycles. The van der Waals surface area contributed by atoms with Crippen molar-refractivity contribution in [3.63, 3.8) is 0 Å². The molecular formula is C16H14N2O3S2. The van der Waals surface area contributed by atoms with Crippen LogP contribution in [0.5, 0.6) is 5.88 Å². The van der Waals surface area contributed by atoms with Gasteiger partial charge in [-0.15, -0.1) is 11.3 Å². The van der Waals surface area contributed by atoms with Crippen LogP contribution in [0, 0.1) is 3.95 Å². The van der Waals surface area contributed by atoms with Crippen LogP contribution in [-0.4, -0.2) is 27.0 Å². The molecule has 1 aromatic heterocycles. The van der Waals surface area contributed by atoms with Crippen molar-refractivity contribution < 1.29 is 15.0 Å². The molecule has 0 aliphatic carbocycles. The molecular weight excluding hydrogens is 332 g/mol. The van der Waals surface area contributed by atoms with Gasteiger partial charge in [0.05, 0.1) is 10.6 Å². The molecule has 1 unspecified atom stereocenters. The lowest BCUT2D eigenvalue weighted by atomic mass is 10.1. The molecule has 1 aromatic carbocycles. The van der Waals surface area contributed by atoms with Gasteiger partial charge in [-0.2, -0.15) is 0 Å². The largest absolute Gasteiger partial charge is 0.493 e. The number of thiazole rings is 1. The number of para-hydroxylation sites is 1. The van der Waals surface area contributed by atoms with Gasteiger partial charge in [0.25, 0.3) is 0 Å². The van der Waals surface area contributed by atoms with Crippen LogP contribution in [0.15, 0.2) is 29.3 Å². The number of carboxylic acid groups (broad SMARTS) is 1. The van der Waals surface area contributed by atoms with Gasteiger partial charge in [-0.3, -0.25) is 9.56 Å². The Morgan fingerprint density at radius 3 is 2.91 bits per heavy atom. The zero-order valence-electron chi connectivity index (χ0n) is 12.3. The average Bonchev–Trinajstić information content (AvgIpc) is 3.05. The van der Waals surface area contributed by atoms with Gasteiger partial charge in [0.1, 0.15) is 6.04 Å². The van der Waals surface area contributed by atoms with Gasteiger partial charge < -0.3 is 10.2 Å². The first-order valence-corrected chi connectivity index (χ1v) is 8.27. The monoisotopic (exact) mass is 346 g/mol. The number of allylic oxidation sites excluding steroid dienone is 1. The minimum Gasteiger partial charge on any atom is -0.493 e. The third-order valence-electron chi connectivity index (χ3n) is 3.67. The Labute approximate surface area is 141 Å². The highest BCUT2D eigenvalue weighted by Crippen LogP contribution is 2.37. The van der Waals surface area contributed by atoms with Gasteiger partial charge >= 0.3 is 5.97 Å². The second kappa shape index (κ2) is 6.10. The highest BCUT2D eigenvalue weighted by Gasteiger charge is 2.24. The fraction of sp³-hybridized carbons (Fsp3) is 0.188. The van der Waals surface area contributed by atoms with E-state index >= 15 is 0 Å². The summed E-state index contributed by atoms with van der Waals surface area (Å²) >= 11 is 6.43. The Morgan fingerprint density at radius 1 is 1.48 bits per heavy atom. The number of carboxylic acids is 1. The predicted octanol–water partition coefficient (Wildman–Crippen LogP) is 4.28. The van der Waals surface area contributed by atoms with Crippen molar-refractivity contribution in [1.82, 2.24) is 4.57 Å². The predicted molar refractivity (Wildman–Crippen MR) is 94.2 cm³/mol. The van der Waals surface area contributed by atoms with E-state index < -0.39 is 12.0 Å². The minimum absolute atomic E-state index is 0.112. The van der Waals surface area contributed by atoms with E-state index in [-0.39, 0.29) is 5.88 Å². The standard InChI is InChI=1S/C16H14N2O3S2/c1-2-12(15(20)21)18-14(19)13(23-16(18)22)7-9-8-17-11-6-4-3-5-10(9)11/h3-8,12,19H,2H2,1H3,(H,20,21). The first-order valence-electron chi connectivity index (χ1n) is 7.05. The Kier molecular flexibility index (Phi) is 4.14. The van der Waals surface area contributed by atoms with Gasteiger partial charge in [0.2, 0.25) is 5.88 Å². The molecule has 0 amide bonds. The normalized spacial score (nSPS) is 15.8. The van der Waals surface area contributed by atoms with Crippen molar-refractivity contribution in [1.29, 1.82) is 0 Å². The van der Waals surface area contributed by atoms with Crippen molar-refractivity contribution >= 4 is 53.1 Å². The first kappa shape index (κ1) is 15.6. The summed E-state index contributed by atoms with van der Waals surface area (Å²) in [5.41, 5.74) is 2.71. The van der Waals surface area contributed by atoms with Crippen LogP contribution >= 0.6 is 23.6 Å². The molecule has 0 saturated heterocycles. The number of aromatic nitrogens is 1. The van der Waals surface area contributed by atoms with E-state index in [0.29, 0.717) is 15.3 Å². The van der Waals surface area contributed by atoms with E-state index in [2.05, 4.69) is 4.99 Å². The molecule has 1 aliphatic heterocycles. The number of aliphatic imine (C=N–C) groups is 1. The van der Waals surface area contributed by atoms with Crippen molar-refractivity contribution in [2.24, 2.45) is 4.99 Å². The van der Waals surface area contributed by atoms with Crippen molar-refractivity contribution in [3.8, 4) is 5.88 Å². The van der Waals surface area contributed by atoms with E-state index in [4.69, 9.17) is 12.2 Å². The summed E-state index contributed by atoms with van der Waals surface area (Å²) in [6, 6.07) is 6.84. The maximum atomic E-state index is 11.3. The molecule has 0 fully saturated rings. The number of hydrogen-bond donors (Lipinski definition) is 2. The second-order valence-corrected chi connectivity index (χ2v) is 6.74.